The third-order valence-electron chi connectivity index (χ3n) is 4.74. The molecule has 0 spiro atoms. The van der Waals surface area contributed by atoms with Crippen molar-refractivity contribution in [1.29, 1.82) is 0 Å². The van der Waals surface area contributed by atoms with E-state index in [2.05, 4.69) is 15.7 Å². The summed E-state index contributed by atoms with van der Waals surface area (Å²) in [6.45, 7) is 1.33. The van der Waals surface area contributed by atoms with Gasteiger partial charge < -0.3 is 4.74 Å². The molecule has 1 aliphatic heterocycles. The average Bonchev–Trinajstić information content (AvgIpc) is 3.13. The van der Waals surface area contributed by atoms with E-state index in [1.807, 2.05) is 53.2 Å². The second kappa shape index (κ2) is 7.54. The van der Waals surface area contributed by atoms with Crippen molar-refractivity contribution in [2.24, 2.45) is 0 Å². The zero-order valence-corrected chi connectivity index (χ0v) is 15.6. The van der Waals surface area contributed by atoms with Crippen molar-refractivity contribution < 1.29 is 9.53 Å². The van der Waals surface area contributed by atoms with Crippen LogP contribution in [-0.2, 0) is 11.3 Å². The minimum absolute atomic E-state index is 0.126. The van der Waals surface area contributed by atoms with E-state index in [1.165, 1.54) is 0 Å². The van der Waals surface area contributed by atoms with E-state index < -0.39 is 5.38 Å². The van der Waals surface area contributed by atoms with E-state index >= 15 is 0 Å². The third-order valence-corrected chi connectivity index (χ3v) is 5.16. The van der Waals surface area contributed by atoms with Crippen LogP contribution in [0.5, 0.6) is 5.75 Å². The Morgan fingerprint density at radius 3 is 2.81 bits per heavy atom. The molecule has 0 aliphatic carbocycles. The molecule has 2 unspecified atom stereocenters. The van der Waals surface area contributed by atoms with Gasteiger partial charge in [0.2, 0.25) is 0 Å². The van der Waals surface area contributed by atoms with E-state index in [9.17, 15) is 4.79 Å². The van der Waals surface area contributed by atoms with E-state index in [0.29, 0.717) is 13.1 Å². The number of hydrogen-bond donors (Lipinski definition) is 1. The molecule has 0 radical (unpaired) electrons. The molecular formula is C19H20ClN5O2. The maximum atomic E-state index is 12.2. The minimum atomic E-state index is -0.590. The Labute approximate surface area is 161 Å². The first kappa shape index (κ1) is 17.8. The lowest BCUT2D eigenvalue weighted by atomic mass is 9.94. The first-order valence-corrected chi connectivity index (χ1v) is 9.26. The Bertz CT molecular complexity index is 960. The van der Waals surface area contributed by atoms with Crippen LogP contribution in [0, 0.1) is 0 Å². The van der Waals surface area contributed by atoms with Crippen molar-refractivity contribution in [3.8, 4) is 5.75 Å². The first-order chi connectivity index (χ1) is 13.2. The van der Waals surface area contributed by atoms with Gasteiger partial charge in [0.05, 0.1) is 12.6 Å². The zero-order chi connectivity index (χ0) is 18.8. The topological polar surface area (TPSA) is 72.3 Å². The summed E-state index contributed by atoms with van der Waals surface area (Å²) < 4.78 is 7.28. The molecular weight excluding hydrogens is 366 g/mol. The molecule has 2 heterocycles. The molecule has 2 aromatic carbocycles. The van der Waals surface area contributed by atoms with E-state index in [-0.39, 0.29) is 11.9 Å². The summed E-state index contributed by atoms with van der Waals surface area (Å²) >= 11 is 6.27. The van der Waals surface area contributed by atoms with Crippen LogP contribution < -0.4 is 10.2 Å². The molecule has 1 amide bonds. The van der Waals surface area contributed by atoms with E-state index in [4.69, 9.17) is 16.3 Å². The Hall–Kier alpha value is -2.64. The summed E-state index contributed by atoms with van der Waals surface area (Å²) in [5.74, 6) is 0.598. The van der Waals surface area contributed by atoms with Gasteiger partial charge in [0, 0.05) is 18.7 Å². The van der Waals surface area contributed by atoms with Crippen LogP contribution in [0.25, 0.3) is 11.0 Å². The van der Waals surface area contributed by atoms with Crippen molar-refractivity contribution in [1.82, 2.24) is 25.4 Å². The SMILES string of the molecule is COc1ccccc1C1C(Cl)C(=O)N1NCCCn1nnc2ccccc21. The highest BCUT2D eigenvalue weighted by Gasteiger charge is 2.48. The van der Waals surface area contributed by atoms with Gasteiger partial charge in [-0.25, -0.2) is 10.1 Å². The molecule has 8 heteroatoms. The second-order valence-electron chi connectivity index (χ2n) is 6.36. The van der Waals surface area contributed by atoms with Crippen LogP contribution in [0.15, 0.2) is 48.5 Å². The van der Waals surface area contributed by atoms with Gasteiger partial charge in [-0.1, -0.05) is 35.5 Å². The Kier molecular flexibility index (Phi) is 4.96. The molecule has 4 rings (SSSR count). The molecule has 0 bridgehead atoms. The lowest BCUT2D eigenvalue weighted by molar-refractivity contribution is -0.151. The van der Waals surface area contributed by atoms with Gasteiger partial charge in [-0.3, -0.25) is 9.80 Å². The fourth-order valence-corrected chi connectivity index (χ4v) is 3.70. The summed E-state index contributed by atoms with van der Waals surface area (Å²) in [4.78, 5) is 12.2. The van der Waals surface area contributed by atoms with Crippen LogP contribution in [0.4, 0.5) is 0 Å². The second-order valence-corrected chi connectivity index (χ2v) is 6.83. The molecule has 140 valence electrons. The highest BCUT2D eigenvalue weighted by Crippen LogP contribution is 2.40. The number of β-lactam (4-membered cyclic amide) rings is 1. The number of hydrazine groups is 1. The van der Waals surface area contributed by atoms with E-state index in [0.717, 1.165) is 28.8 Å². The number of alkyl halides is 1. The predicted octanol–water partition coefficient (Wildman–Crippen LogP) is 2.53. The maximum Gasteiger partial charge on any atom is 0.257 e. The molecule has 1 aliphatic rings. The third kappa shape index (κ3) is 3.24. The fourth-order valence-electron chi connectivity index (χ4n) is 3.35. The Balaban J connectivity index is 1.38. The number of hydrogen-bond acceptors (Lipinski definition) is 5. The maximum absolute atomic E-state index is 12.2. The number of fused-ring (bicyclic) bond motifs is 1. The van der Waals surface area contributed by atoms with Crippen LogP contribution in [-0.4, -0.2) is 44.9 Å². The average molecular weight is 386 g/mol. The molecule has 1 aromatic heterocycles. The van der Waals surface area contributed by atoms with Crippen molar-refractivity contribution in [3.05, 3.63) is 54.1 Å². The van der Waals surface area contributed by atoms with Crippen LogP contribution in [0.1, 0.15) is 18.0 Å². The monoisotopic (exact) mass is 385 g/mol. The molecule has 27 heavy (non-hydrogen) atoms. The summed E-state index contributed by atoms with van der Waals surface area (Å²) in [7, 11) is 1.61. The number of benzene rings is 2. The molecule has 3 aromatic rings. The number of para-hydroxylation sites is 2. The highest BCUT2D eigenvalue weighted by molar-refractivity contribution is 6.33. The molecule has 1 N–H and O–H groups in total. The number of rotatable bonds is 7. The number of ether oxygens (including phenoxy) is 1. The van der Waals surface area contributed by atoms with Crippen molar-refractivity contribution in [2.75, 3.05) is 13.7 Å². The van der Waals surface area contributed by atoms with Gasteiger partial charge >= 0.3 is 0 Å². The summed E-state index contributed by atoms with van der Waals surface area (Å²) in [6.07, 6.45) is 0.794. The van der Waals surface area contributed by atoms with Crippen LogP contribution in [0.3, 0.4) is 0 Å². The van der Waals surface area contributed by atoms with Gasteiger partial charge in [0.1, 0.15) is 22.7 Å². The quantitative estimate of drug-likeness (QED) is 0.384. The smallest absolute Gasteiger partial charge is 0.257 e. The fraction of sp³-hybridized carbons (Fsp3) is 0.316. The number of aromatic nitrogens is 3. The number of nitrogens with zero attached hydrogens (tertiary/aromatic N) is 4. The zero-order valence-electron chi connectivity index (χ0n) is 14.9. The van der Waals surface area contributed by atoms with Crippen LogP contribution in [0.2, 0.25) is 0 Å². The standard InChI is InChI=1S/C19H20ClN5O2/c1-27-16-10-5-2-7-13(16)18-17(20)19(26)25(18)21-11-6-12-24-15-9-4-3-8-14(15)22-23-24/h2-5,7-10,17-18,21H,6,11-12H2,1H3. The van der Waals surface area contributed by atoms with Crippen LogP contribution >= 0.6 is 11.6 Å². The summed E-state index contributed by atoms with van der Waals surface area (Å²) in [5, 5.41) is 9.33. The number of carbonyl (C=O) groups is 1. The van der Waals surface area contributed by atoms with Crippen molar-refractivity contribution in [2.45, 2.75) is 24.4 Å². The van der Waals surface area contributed by atoms with E-state index in [1.54, 1.807) is 12.1 Å². The molecule has 7 nitrogen and oxygen atoms in total. The van der Waals surface area contributed by atoms with Crippen molar-refractivity contribution in [3.63, 3.8) is 0 Å². The molecule has 1 saturated heterocycles. The number of nitrogens with one attached hydrogen (secondary N) is 1. The molecule has 2 atom stereocenters. The molecule has 0 saturated carbocycles. The van der Waals surface area contributed by atoms with Gasteiger partial charge in [0.15, 0.2) is 0 Å². The highest BCUT2D eigenvalue weighted by atomic mass is 35.5. The number of methoxy groups -OCH3 is 1. The number of aryl methyl sites for hydroxylation is 1. The van der Waals surface area contributed by atoms with Gasteiger partial charge in [0.25, 0.3) is 5.91 Å². The van der Waals surface area contributed by atoms with Gasteiger partial charge in [-0.15, -0.1) is 16.7 Å². The summed E-state index contributed by atoms with van der Waals surface area (Å²) in [6, 6.07) is 15.2. The first-order valence-electron chi connectivity index (χ1n) is 8.82. The number of carbonyl (C=O) groups excluding carboxylic acids is 1. The predicted molar refractivity (Wildman–Crippen MR) is 102 cm³/mol. The largest absolute Gasteiger partial charge is 0.496 e. The Morgan fingerprint density at radius 2 is 1.96 bits per heavy atom. The Morgan fingerprint density at radius 1 is 1.19 bits per heavy atom. The normalized spacial score (nSPS) is 19.3. The minimum Gasteiger partial charge on any atom is -0.496 e. The van der Waals surface area contributed by atoms with Crippen molar-refractivity contribution >= 4 is 28.5 Å². The number of halogens is 1. The molecule has 1 fully saturated rings. The lowest BCUT2D eigenvalue weighted by Gasteiger charge is -2.44. The van der Waals surface area contributed by atoms with Gasteiger partial charge in [-0.2, -0.15) is 0 Å². The van der Waals surface area contributed by atoms with Gasteiger partial charge in [-0.05, 0) is 24.6 Å². The number of amides is 1. The summed E-state index contributed by atoms with van der Waals surface area (Å²) in [5.41, 5.74) is 5.97. The lowest BCUT2D eigenvalue weighted by Crippen LogP contribution is -2.62.